The quantitative estimate of drug-likeness (QED) is 0.887. The van der Waals surface area contributed by atoms with Crippen molar-refractivity contribution in [3.8, 4) is 0 Å². The molecule has 2 rings (SSSR count). The van der Waals surface area contributed by atoms with E-state index in [1.165, 1.54) is 0 Å². The summed E-state index contributed by atoms with van der Waals surface area (Å²) in [6, 6.07) is 0.337. The Morgan fingerprint density at radius 3 is 2.89 bits per heavy atom. The van der Waals surface area contributed by atoms with E-state index in [1.807, 2.05) is 25.7 Å². The number of nitrogens with zero attached hydrogens (tertiary/aromatic N) is 3. The fourth-order valence-corrected chi connectivity index (χ4v) is 2.52. The van der Waals surface area contributed by atoms with E-state index < -0.39 is 0 Å². The molecule has 1 amide bonds. The number of nitrogens with one attached hydrogen (secondary N) is 1. The number of halogens is 1. The Balaban J connectivity index is 2.23. The van der Waals surface area contributed by atoms with Crippen molar-refractivity contribution in [2.75, 3.05) is 19.6 Å². The van der Waals surface area contributed by atoms with Gasteiger partial charge in [0.25, 0.3) is 5.91 Å². The second-order valence-corrected chi connectivity index (χ2v) is 5.30. The molecule has 1 N–H and O–H groups in total. The molecule has 0 aromatic carbocycles. The van der Waals surface area contributed by atoms with Crippen molar-refractivity contribution in [2.45, 2.75) is 32.9 Å². The van der Waals surface area contributed by atoms with Crippen molar-refractivity contribution in [3.05, 3.63) is 16.9 Å². The minimum atomic E-state index is -0.0269. The largest absolute Gasteiger partial charge is 0.333 e. The van der Waals surface area contributed by atoms with Crippen LogP contribution in [0.1, 0.15) is 37.2 Å². The maximum atomic E-state index is 12.4. The third-order valence-corrected chi connectivity index (χ3v) is 3.59. The van der Waals surface area contributed by atoms with Crippen LogP contribution < -0.4 is 5.32 Å². The van der Waals surface area contributed by atoms with Crippen LogP contribution in [0.4, 0.5) is 0 Å². The second kappa shape index (κ2) is 5.28. The number of rotatable bonds is 2. The molecule has 2 heterocycles. The van der Waals surface area contributed by atoms with Gasteiger partial charge in [0.2, 0.25) is 0 Å². The predicted octanol–water partition coefficient (Wildman–Crippen LogP) is 1.55. The van der Waals surface area contributed by atoms with E-state index >= 15 is 0 Å². The maximum Gasteiger partial charge on any atom is 0.258 e. The van der Waals surface area contributed by atoms with Crippen LogP contribution in [-0.2, 0) is 0 Å². The first-order valence-corrected chi connectivity index (χ1v) is 6.65. The van der Waals surface area contributed by atoms with Crippen LogP contribution in [-0.4, -0.2) is 46.3 Å². The zero-order chi connectivity index (χ0) is 13.3. The predicted molar refractivity (Wildman–Crippen MR) is 71.0 cm³/mol. The minimum absolute atomic E-state index is 0.0269. The Morgan fingerprint density at radius 1 is 1.61 bits per heavy atom. The first-order valence-electron chi connectivity index (χ1n) is 6.27. The lowest BCUT2D eigenvalue weighted by Crippen LogP contribution is -2.52. The maximum absolute atomic E-state index is 12.4. The molecular formula is C12H19ClN4O. The van der Waals surface area contributed by atoms with Gasteiger partial charge in [-0.1, -0.05) is 11.6 Å². The van der Waals surface area contributed by atoms with Gasteiger partial charge >= 0.3 is 0 Å². The summed E-state index contributed by atoms with van der Waals surface area (Å²) in [7, 11) is 0. The van der Waals surface area contributed by atoms with Crippen LogP contribution in [0, 0.1) is 0 Å². The summed E-state index contributed by atoms with van der Waals surface area (Å²) in [6.45, 7) is 8.36. The van der Waals surface area contributed by atoms with E-state index in [9.17, 15) is 4.79 Å². The van der Waals surface area contributed by atoms with Gasteiger partial charge in [-0.05, 0) is 20.8 Å². The van der Waals surface area contributed by atoms with Crippen LogP contribution in [0.25, 0.3) is 0 Å². The lowest BCUT2D eigenvalue weighted by molar-refractivity contribution is 0.0656. The molecule has 0 bridgehead atoms. The highest BCUT2D eigenvalue weighted by atomic mass is 35.5. The Kier molecular flexibility index (Phi) is 3.92. The Hall–Kier alpha value is -1.07. The van der Waals surface area contributed by atoms with E-state index in [4.69, 9.17) is 11.6 Å². The molecule has 1 saturated heterocycles. The van der Waals surface area contributed by atoms with Crippen molar-refractivity contribution in [1.29, 1.82) is 0 Å². The zero-order valence-corrected chi connectivity index (χ0v) is 11.7. The molecule has 1 fully saturated rings. The van der Waals surface area contributed by atoms with E-state index in [-0.39, 0.29) is 18.0 Å². The summed E-state index contributed by atoms with van der Waals surface area (Å²) in [6.07, 6.45) is 1.57. The molecule has 0 aliphatic carbocycles. The molecular weight excluding hydrogens is 252 g/mol. The fourth-order valence-electron chi connectivity index (χ4n) is 2.15. The van der Waals surface area contributed by atoms with E-state index in [2.05, 4.69) is 10.4 Å². The standard InChI is InChI=1S/C12H19ClN4O/c1-8(2)17-11(13)10(7-15-17)12(18)16-5-4-14-6-9(16)3/h7-9,14H,4-6H2,1-3H3/t9-/m1/s1. The van der Waals surface area contributed by atoms with Crippen LogP contribution in [0.3, 0.4) is 0 Å². The molecule has 0 unspecified atom stereocenters. The molecule has 1 aliphatic rings. The number of carbonyl (C=O) groups is 1. The van der Waals surface area contributed by atoms with Gasteiger partial charge in [-0.2, -0.15) is 5.10 Å². The summed E-state index contributed by atoms with van der Waals surface area (Å²) >= 11 is 6.22. The average Bonchev–Trinajstić information content (AvgIpc) is 2.71. The summed E-state index contributed by atoms with van der Waals surface area (Å²) in [5, 5.41) is 7.87. The molecule has 1 aromatic rings. The molecule has 1 aliphatic heterocycles. The summed E-state index contributed by atoms with van der Waals surface area (Å²) < 4.78 is 1.67. The van der Waals surface area contributed by atoms with E-state index in [1.54, 1.807) is 10.9 Å². The third kappa shape index (κ3) is 2.37. The van der Waals surface area contributed by atoms with Crippen molar-refractivity contribution < 1.29 is 4.79 Å². The van der Waals surface area contributed by atoms with Crippen molar-refractivity contribution in [2.24, 2.45) is 0 Å². The molecule has 0 saturated carbocycles. The van der Waals surface area contributed by atoms with Crippen LogP contribution in [0.2, 0.25) is 5.15 Å². The first-order chi connectivity index (χ1) is 8.52. The third-order valence-electron chi connectivity index (χ3n) is 3.22. The van der Waals surface area contributed by atoms with Crippen LogP contribution in [0.15, 0.2) is 6.20 Å². The summed E-state index contributed by atoms with van der Waals surface area (Å²) in [5.74, 6) is -0.0269. The lowest BCUT2D eigenvalue weighted by atomic mass is 10.2. The highest BCUT2D eigenvalue weighted by molar-refractivity contribution is 6.32. The Morgan fingerprint density at radius 2 is 2.33 bits per heavy atom. The second-order valence-electron chi connectivity index (χ2n) is 4.94. The van der Waals surface area contributed by atoms with Gasteiger partial charge in [0, 0.05) is 31.7 Å². The molecule has 5 nitrogen and oxygen atoms in total. The lowest BCUT2D eigenvalue weighted by Gasteiger charge is -2.33. The van der Waals surface area contributed by atoms with E-state index in [0.29, 0.717) is 17.3 Å². The molecule has 6 heteroatoms. The van der Waals surface area contributed by atoms with Gasteiger partial charge in [-0.25, -0.2) is 0 Å². The number of aromatic nitrogens is 2. The van der Waals surface area contributed by atoms with Gasteiger partial charge in [0.15, 0.2) is 0 Å². The van der Waals surface area contributed by atoms with E-state index in [0.717, 1.165) is 13.1 Å². The number of hydrogen-bond donors (Lipinski definition) is 1. The number of piperazine rings is 1. The highest BCUT2D eigenvalue weighted by Crippen LogP contribution is 2.22. The van der Waals surface area contributed by atoms with Crippen molar-refractivity contribution in [1.82, 2.24) is 20.0 Å². The molecule has 18 heavy (non-hydrogen) atoms. The molecule has 0 spiro atoms. The SMILES string of the molecule is CC(C)n1ncc(C(=O)N2CCNC[C@H]2C)c1Cl. The molecule has 0 radical (unpaired) electrons. The Labute approximate surface area is 112 Å². The normalized spacial score (nSPS) is 20.5. The van der Waals surface area contributed by atoms with Crippen LogP contribution in [0.5, 0.6) is 0 Å². The minimum Gasteiger partial charge on any atom is -0.333 e. The van der Waals surface area contributed by atoms with Crippen molar-refractivity contribution in [3.63, 3.8) is 0 Å². The highest BCUT2D eigenvalue weighted by Gasteiger charge is 2.27. The Bertz CT molecular complexity index is 443. The van der Waals surface area contributed by atoms with Gasteiger partial charge in [0.1, 0.15) is 5.15 Å². The van der Waals surface area contributed by atoms with Gasteiger partial charge < -0.3 is 10.2 Å². The number of carbonyl (C=O) groups excluding carboxylic acids is 1. The van der Waals surface area contributed by atoms with Gasteiger partial charge in [-0.3, -0.25) is 9.48 Å². The number of hydrogen-bond acceptors (Lipinski definition) is 3. The zero-order valence-electron chi connectivity index (χ0n) is 11.0. The summed E-state index contributed by atoms with van der Waals surface area (Å²) in [5.41, 5.74) is 0.499. The summed E-state index contributed by atoms with van der Waals surface area (Å²) in [4.78, 5) is 14.3. The van der Waals surface area contributed by atoms with Gasteiger partial charge in [0.05, 0.1) is 11.8 Å². The molecule has 1 aromatic heterocycles. The molecule has 1 atom stereocenters. The number of amides is 1. The molecule has 100 valence electrons. The van der Waals surface area contributed by atoms with Gasteiger partial charge in [-0.15, -0.1) is 0 Å². The van der Waals surface area contributed by atoms with Crippen molar-refractivity contribution >= 4 is 17.5 Å². The fraction of sp³-hybridized carbons (Fsp3) is 0.667. The van der Waals surface area contributed by atoms with Crippen LogP contribution >= 0.6 is 11.6 Å². The topological polar surface area (TPSA) is 50.2 Å². The smallest absolute Gasteiger partial charge is 0.258 e. The first kappa shape index (κ1) is 13.4. The monoisotopic (exact) mass is 270 g/mol. The average molecular weight is 271 g/mol.